The molecule has 14 heavy (non-hydrogen) atoms. The maximum absolute atomic E-state index is 6.04. The van der Waals surface area contributed by atoms with Crippen molar-refractivity contribution in [2.75, 3.05) is 24.5 Å². The largest absolute Gasteiger partial charge is 0.356 e. The predicted octanol–water partition coefficient (Wildman–Crippen LogP) is 1.91. The fraction of sp³-hybridized carbons (Fsp3) is 0.500. The molecule has 0 amide bonds. The Hall–Kier alpha value is -0.800. The number of nitrogens with zero attached hydrogens (tertiary/aromatic N) is 2. The van der Waals surface area contributed by atoms with Gasteiger partial charge in [-0.05, 0) is 32.0 Å². The Bertz CT molecular complexity index is 278. The molecule has 0 saturated carbocycles. The summed E-state index contributed by atoms with van der Waals surface area (Å²) in [6.45, 7) is 4.59. The Morgan fingerprint density at radius 1 is 1.57 bits per heavy atom. The van der Waals surface area contributed by atoms with Gasteiger partial charge in [0.1, 0.15) is 5.82 Å². The molecule has 1 aromatic heterocycles. The van der Waals surface area contributed by atoms with Gasteiger partial charge in [-0.25, -0.2) is 4.98 Å². The number of aromatic nitrogens is 1. The second kappa shape index (κ2) is 5.83. The van der Waals surface area contributed by atoms with E-state index in [9.17, 15) is 0 Å². The van der Waals surface area contributed by atoms with Crippen LogP contribution < -0.4 is 10.6 Å². The molecule has 0 aliphatic carbocycles. The number of nitrogens with two attached hydrogens (primary N) is 1. The van der Waals surface area contributed by atoms with Gasteiger partial charge in [0.15, 0.2) is 0 Å². The van der Waals surface area contributed by atoms with E-state index < -0.39 is 0 Å². The van der Waals surface area contributed by atoms with Gasteiger partial charge in [-0.1, -0.05) is 11.6 Å². The molecular weight excluding hydrogens is 198 g/mol. The van der Waals surface area contributed by atoms with Gasteiger partial charge in [0.05, 0.1) is 5.02 Å². The van der Waals surface area contributed by atoms with Crippen molar-refractivity contribution < 1.29 is 0 Å². The molecular formula is C10H16ClN3. The summed E-state index contributed by atoms with van der Waals surface area (Å²) >= 11 is 6.04. The minimum Gasteiger partial charge on any atom is -0.356 e. The van der Waals surface area contributed by atoms with Gasteiger partial charge in [-0.3, -0.25) is 0 Å². The maximum atomic E-state index is 6.04. The van der Waals surface area contributed by atoms with Crippen LogP contribution in [0.4, 0.5) is 5.82 Å². The van der Waals surface area contributed by atoms with Gasteiger partial charge in [-0.2, -0.15) is 0 Å². The zero-order valence-electron chi connectivity index (χ0n) is 8.41. The van der Waals surface area contributed by atoms with Gasteiger partial charge >= 0.3 is 0 Å². The molecule has 0 saturated heterocycles. The minimum absolute atomic E-state index is 0.695. The smallest absolute Gasteiger partial charge is 0.147 e. The van der Waals surface area contributed by atoms with E-state index in [4.69, 9.17) is 17.3 Å². The van der Waals surface area contributed by atoms with Crippen molar-refractivity contribution in [1.82, 2.24) is 4.98 Å². The highest BCUT2D eigenvalue weighted by Gasteiger charge is 2.08. The summed E-state index contributed by atoms with van der Waals surface area (Å²) < 4.78 is 0. The number of halogens is 1. The van der Waals surface area contributed by atoms with E-state index in [-0.39, 0.29) is 0 Å². The molecule has 0 spiro atoms. The van der Waals surface area contributed by atoms with Crippen LogP contribution >= 0.6 is 11.6 Å². The van der Waals surface area contributed by atoms with Crippen LogP contribution in [-0.4, -0.2) is 24.6 Å². The molecule has 2 N–H and O–H groups in total. The first-order valence-corrected chi connectivity index (χ1v) is 5.23. The van der Waals surface area contributed by atoms with Gasteiger partial charge in [-0.15, -0.1) is 0 Å². The van der Waals surface area contributed by atoms with E-state index in [0.717, 1.165) is 25.3 Å². The third-order valence-electron chi connectivity index (χ3n) is 2.05. The SMILES string of the molecule is CCN(CCCN)c1ncccc1Cl. The lowest BCUT2D eigenvalue weighted by Gasteiger charge is -2.22. The van der Waals surface area contributed by atoms with E-state index in [2.05, 4.69) is 16.8 Å². The van der Waals surface area contributed by atoms with Crippen molar-refractivity contribution in [3.8, 4) is 0 Å². The topological polar surface area (TPSA) is 42.1 Å². The minimum atomic E-state index is 0.695. The van der Waals surface area contributed by atoms with Crippen LogP contribution in [0.2, 0.25) is 5.02 Å². The first-order chi connectivity index (χ1) is 6.79. The van der Waals surface area contributed by atoms with Crippen molar-refractivity contribution >= 4 is 17.4 Å². The molecule has 0 aliphatic rings. The van der Waals surface area contributed by atoms with Crippen LogP contribution in [0.15, 0.2) is 18.3 Å². The lowest BCUT2D eigenvalue weighted by Crippen LogP contribution is -2.26. The summed E-state index contributed by atoms with van der Waals surface area (Å²) in [7, 11) is 0. The Balaban J connectivity index is 2.73. The number of hydrogen-bond acceptors (Lipinski definition) is 3. The summed E-state index contributed by atoms with van der Waals surface area (Å²) in [6, 6.07) is 3.69. The Labute approximate surface area is 89.9 Å². The van der Waals surface area contributed by atoms with Crippen LogP contribution in [0, 0.1) is 0 Å². The van der Waals surface area contributed by atoms with Crippen LogP contribution in [0.1, 0.15) is 13.3 Å². The molecule has 0 atom stereocenters. The average Bonchev–Trinajstić information content (AvgIpc) is 2.21. The average molecular weight is 214 g/mol. The molecule has 0 aliphatic heterocycles. The van der Waals surface area contributed by atoms with Gasteiger partial charge in [0.25, 0.3) is 0 Å². The molecule has 1 heterocycles. The number of hydrogen-bond donors (Lipinski definition) is 1. The van der Waals surface area contributed by atoms with Crippen LogP contribution in [0.25, 0.3) is 0 Å². The normalized spacial score (nSPS) is 10.2. The molecule has 0 unspecified atom stereocenters. The number of anilines is 1. The zero-order chi connectivity index (χ0) is 10.4. The number of pyridine rings is 1. The van der Waals surface area contributed by atoms with E-state index in [1.807, 2.05) is 12.1 Å². The Morgan fingerprint density at radius 2 is 2.36 bits per heavy atom. The summed E-state index contributed by atoms with van der Waals surface area (Å²) in [5.74, 6) is 0.852. The Kier molecular flexibility index (Phi) is 4.70. The maximum Gasteiger partial charge on any atom is 0.147 e. The van der Waals surface area contributed by atoms with E-state index in [1.54, 1.807) is 6.20 Å². The van der Waals surface area contributed by atoms with E-state index >= 15 is 0 Å². The molecule has 78 valence electrons. The molecule has 0 bridgehead atoms. The highest BCUT2D eigenvalue weighted by atomic mass is 35.5. The highest BCUT2D eigenvalue weighted by Crippen LogP contribution is 2.21. The highest BCUT2D eigenvalue weighted by molar-refractivity contribution is 6.32. The van der Waals surface area contributed by atoms with E-state index in [0.29, 0.717) is 11.6 Å². The zero-order valence-corrected chi connectivity index (χ0v) is 9.17. The van der Waals surface area contributed by atoms with Crippen molar-refractivity contribution in [3.05, 3.63) is 23.4 Å². The summed E-state index contributed by atoms with van der Waals surface area (Å²) in [5.41, 5.74) is 5.47. The summed E-state index contributed by atoms with van der Waals surface area (Å²) in [4.78, 5) is 6.39. The van der Waals surface area contributed by atoms with E-state index in [1.165, 1.54) is 0 Å². The first-order valence-electron chi connectivity index (χ1n) is 4.85. The van der Waals surface area contributed by atoms with Crippen molar-refractivity contribution in [2.45, 2.75) is 13.3 Å². The van der Waals surface area contributed by atoms with Gasteiger partial charge in [0, 0.05) is 19.3 Å². The van der Waals surface area contributed by atoms with Crippen LogP contribution in [0.3, 0.4) is 0 Å². The summed E-state index contributed by atoms with van der Waals surface area (Å²) in [5, 5.41) is 0.700. The lowest BCUT2D eigenvalue weighted by molar-refractivity contribution is 0.745. The molecule has 3 nitrogen and oxygen atoms in total. The van der Waals surface area contributed by atoms with Crippen molar-refractivity contribution in [1.29, 1.82) is 0 Å². The Morgan fingerprint density at radius 3 is 2.93 bits per heavy atom. The van der Waals surface area contributed by atoms with Crippen LogP contribution in [-0.2, 0) is 0 Å². The lowest BCUT2D eigenvalue weighted by atomic mass is 10.3. The van der Waals surface area contributed by atoms with Crippen molar-refractivity contribution in [3.63, 3.8) is 0 Å². The predicted molar refractivity (Wildman–Crippen MR) is 60.8 cm³/mol. The van der Waals surface area contributed by atoms with Gasteiger partial charge in [0.2, 0.25) is 0 Å². The standard InChI is InChI=1S/C10H16ClN3/c1-2-14(8-4-6-12)10-9(11)5-3-7-13-10/h3,5,7H,2,4,6,8,12H2,1H3. The molecule has 1 aromatic rings. The number of rotatable bonds is 5. The fourth-order valence-electron chi connectivity index (χ4n) is 1.31. The second-order valence-corrected chi connectivity index (χ2v) is 3.44. The quantitative estimate of drug-likeness (QED) is 0.813. The monoisotopic (exact) mass is 213 g/mol. The molecule has 1 rings (SSSR count). The molecule has 4 heteroatoms. The fourth-order valence-corrected chi connectivity index (χ4v) is 1.55. The van der Waals surface area contributed by atoms with Gasteiger partial charge < -0.3 is 10.6 Å². The summed E-state index contributed by atoms with van der Waals surface area (Å²) in [6.07, 6.45) is 2.72. The third-order valence-corrected chi connectivity index (χ3v) is 2.35. The molecule has 0 radical (unpaired) electrons. The molecule has 0 fully saturated rings. The molecule has 0 aromatic carbocycles. The van der Waals surface area contributed by atoms with Crippen molar-refractivity contribution in [2.24, 2.45) is 5.73 Å². The first kappa shape index (κ1) is 11.3. The third kappa shape index (κ3) is 2.86. The van der Waals surface area contributed by atoms with Crippen LogP contribution in [0.5, 0.6) is 0 Å². The second-order valence-electron chi connectivity index (χ2n) is 3.03.